The van der Waals surface area contributed by atoms with Gasteiger partial charge in [-0.05, 0) is 30.9 Å². The second kappa shape index (κ2) is 6.67. The third-order valence-corrected chi connectivity index (χ3v) is 4.56. The molecule has 2 rings (SSSR count). The summed E-state index contributed by atoms with van der Waals surface area (Å²) < 4.78 is 39.6. The predicted octanol–water partition coefficient (Wildman–Crippen LogP) is 4.25. The normalized spacial score (nSPS) is 18.8. The molecule has 0 saturated heterocycles. The van der Waals surface area contributed by atoms with Crippen LogP contribution in [0.25, 0.3) is 0 Å². The number of nitrogens with two attached hydrogens (primary N) is 1. The molecule has 0 amide bonds. The highest BCUT2D eigenvalue weighted by Crippen LogP contribution is 2.40. The van der Waals surface area contributed by atoms with Crippen molar-refractivity contribution in [3.05, 3.63) is 34.3 Å². The third-order valence-electron chi connectivity index (χ3n) is 3.84. The lowest BCUT2D eigenvalue weighted by Gasteiger charge is -2.36. The summed E-state index contributed by atoms with van der Waals surface area (Å²) in [6.45, 7) is 1.00. The van der Waals surface area contributed by atoms with Gasteiger partial charge in [-0.15, -0.1) is 0 Å². The molecule has 1 aliphatic rings. The first-order chi connectivity index (χ1) is 9.83. The zero-order valence-electron chi connectivity index (χ0n) is 11.9. The molecule has 1 fully saturated rings. The smallest absolute Gasteiger partial charge is 0.326 e. The minimum absolute atomic E-state index is 0.0127. The Balaban J connectivity index is 2.35. The van der Waals surface area contributed by atoms with Gasteiger partial charge < -0.3 is 5.73 Å². The van der Waals surface area contributed by atoms with Gasteiger partial charge in [0.15, 0.2) is 0 Å². The molecular weight excluding hydrogens is 345 g/mol. The molecule has 1 aliphatic carbocycles. The molecule has 0 spiro atoms. The van der Waals surface area contributed by atoms with Crippen LogP contribution in [0.1, 0.15) is 37.8 Å². The molecule has 0 radical (unpaired) electrons. The molecule has 21 heavy (non-hydrogen) atoms. The van der Waals surface area contributed by atoms with Crippen LogP contribution in [0, 0.1) is 0 Å². The molecule has 0 heterocycles. The molecule has 118 valence electrons. The zero-order chi connectivity index (χ0) is 15.6. The fourth-order valence-electron chi connectivity index (χ4n) is 2.66. The highest BCUT2D eigenvalue weighted by molar-refractivity contribution is 9.10. The molecule has 2 N–H and O–H groups in total. The maximum Gasteiger partial charge on any atom is 0.401 e. The highest BCUT2D eigenvalue weighted by atomic mass is 79.9. The van der Waals surface area contributed by atoms with Crippen LogP contribution in [0.2, 0.25) is 0 Å². The Labute approximate surface area is 131 Å². The molecule has 0 aromatic heterocycles. The van der Waals surface area contributed by atoms with Gasteiger partial charge in [0.2, 0.25) is 0 Å². The largest absolute Gasteiger partial charge is 0.401 e. The van der Waals surface area contributed by atoms with Crippen molar-refractivity contribution < 1.29 is 13.2 Å². The van der Waals surface area contributed by atoms with Crippen LogP contribution in [0.4, 0.5) is 13.2 Å². The van der Waals surface area contributed by atoms with Crippen molar-refractivity contribution in [1.82, 2.24) is 4.90 Å². The molecule has 0 aliphatic heterocycles. The number of hydrogen-bond donors (Lipinski definition) is 1. The number of hydrogen-bond acceptors (Lipinski definition) is 2. The summed E-state index contributed by atoms with van der Waals surface area (Å²) in [7, 11) is 0. The zero-order valence-corrected chi connectivity index (χ0v) is 13.5. The summed E-state index contributed by atoms with van der Waals surface area (Å²) in [6.07, 6.45) is -1.95. The van der Waals surface area contributed by atoms with E-state index >= 15 is 0 Å². The van der Waals surface area contributed by atoms with Gasteiger partial charge in [-0.2, -0.15) is 13.2 Å². The first-order valence-electron chi connectivity index (χ1n) is 7.16. The van der Waals surface area contributed by atoms with E-state index in [1.807, 2.05) is 31.2 Å². The Hall–Kier alpha value is -0.590. The first kappa shape index (κ1) is 16.8. The Morgan fingerprint density at radius 2 is 1.95 bits per heavy atom. The summed E-state index contributed by atoms with van der Waals surface area (Å²) in [4.78, 5) is 1.54. The van der Waals surface area contributed by atoms with Gasteiger partial charge in [-0.3, -0.25) is 4.90 Å². The van der Waals surface area contributed by atoms with Crippen LogP contribution in [-0.2, 0) is 0 Å². The van der Waals surface area contributed by atoms with Gasteiger partial charge in [0, 0.05) is 16.6 Å². The van der Waals surface area contributed by atoms with E-state index in [-0.39, 0.29) is 12.1 Å². The van der Waals surface area contributed by atoms with E-state index in [1.165, 1.54) is 4.90 Å². The second-order valence-corrected chi connectivity index (χ2v) is 6.41. The fraction of sp³-hybridized carbons (Fsp3) is 0.600. The van der Waals surface area contributed by atoms with Crippen molar-refractivity contribution in [3.63, 3.8) is 0 Å². The summed E-state index contributed by atoms with van der Waals surface area (Å²) in [6, 6.07) is 6.65. The van der Waals surface area contributed by atoms with Crippen LogP contribution in [0.5, 0.6) is 0 Å². The topological polar surface area (TPSA) is 29.3 Å². The van der Waals surface area contributed by atoms with Crippen LogP contribution < -0.4 is 5.73 Å². The van der Waals surface area contributed by atoms with Crippen molar-refractivity contribution in [2.24, 2.45) is 5.73 Å². The lowest BCUT2D eigenvalue weighted by molar-refractivity contribution is -0.153. The van der Waals surface area contributed by atoms with Crippen molar-refractivity contribution in [2.75, 3.05) is 6.54 Å². The number of halogens is 4. The Kier molecular flexibility index (Phi) is 5.33. The van der Waals surface area contributed by atoms with Crippen molar-refractivity contribution >= 4 is 15.9 Å². The molecule has 6 heteroatoms. The lowest BCUT2D eigenvalue weighted by atomic mass is 9.96. The molecule has 2 atom stereocenters. The summed E-state index contributed by atoms with van der Waals surface area (Å²) >= 11 is 3.45. The van der Waals surface area contributed by atoms with E-state index < -0.39 is 18.8 Å². The van der Waals surface area contributed by atoms with Crippen molar-refractivity contribution in [2.45, 2.75) is 50.5 Å². The van der Waals surface area contributed by atoms with E-state index in [1.54, 1.807) is 0 Å². The maximum absolute atomic E-state index is 12.9. The van der Waals surface area contributed by atoms with Gasteiger partial charge in [0.05, 0.1) is 12.6 Å². The molecular formula is C15H20BrF3N2. The SMILES string of the molecule is CCC(N)C(c1ccccc1Br)N(CC(F)(F)F)C1CC1. The fourth-order valence-corrected chi connectivity index (χ4v) is 3.18. The summed E-state index contributed by atoms with van der Waals surface area (Å²) in [5, 5.41) is 0. The first-order valence-corrected chi connectivity index (χ1v) is 7.95. The minimum Gasteiger partial charge on any atom is -0.326 e. The molecule has 2 nitrogen and oxygen atoms in total. The summed E-state index contributed by atoms with van der Waals surface area (Å²) in [5.41, 5.74) is 7.01. The summed E-state index contributed by atoms with van der Waals surface area (Å²) in [5.74, 6) is 0. The molecule has 1 aromatic carbocycles. The molecule has 2 unspecified atom stereocenters. The van der Waals surface area contributed by atoms with Gasteiger partial charge in [0.1, 0.15) is 0 Å². The van der Waals surface area contributed by atoms with Gasteiger partial charge in [0.25, 0.3) is 0 Å². The van der Waals surface area contributed by atoms with Gasteiger partial charge in [-0.25, -0.2) is 0 Å². The molecule has 1 saturated carbocycles. The predicted molar refractivity (Wildman–Crippen MR) is 80.9 cm³/mol. The van der Waals surface area contributed by atoms with Crippen LogP contribution in [-0.4, -0.2) is 29.7 Å². The second-order valence-electron chi connectivity index (χ2n) is 5.56. The van der Waals surface area contributed by atoms with Gasteiger partial charge in [-0.1, -0.05) is 41.1 Å². The number of alkyl halides is 3. The lowest BCUT2D eigenvalue weighted by Crippen LogP contribution is -2.46. The van der Waals surface area contributed by atoms with Crippen LogP contribution in [0.15, 0.2) is 28.7 Å². The Bertz CT molecular complexity index is 474. The quantitative estimate of drug-likeness (QED) is 0.817. The van der Waals surface area contributed by atoms with Crippen LogP contribution >= 0.6 is 15.9 Å². The number of nitrogens with zero attached hydrogens (tertiary/aromatic N) is 1. The van der Waals surface area contributed by atoms with E-state index in [4.69, 9.17) is 5.73 Å². The Morgan fingerprint density at radius 3 is 2.43 bits per heavy atom. The van der Waals surface area contributed by atoms with E-state index in [9.17, 15) is 13.2 Å². The maximum atomic E-state index is 12.9. The standard InChI is InChI=1S/C15H20BrF3N2/c1-2-13(20)14(11-5-3-4-6-12(11)16)21(10-7-8-10)9-15(17,18)19/h3-6,10,13-14H,2,7-9,20H2,1H3. The average Bonchev–Trinajstić information content (AvgIpc) is 3.22. The van der Waals surface area contributed by atoms with Crippen LogP contribution in [0.3, 0.4) is 0 Å². The van der Waals surface area contributed by atoms with Gasteiger partial charge >= 0.3 is 6.18 Å². The van der Waals surface area contributed by atoms with E-state index in [0.29, 0.717) is 6.42 Å². The monoisotopic (exact) mass is 364 g/mol. The Morgan fingerprint density at radius 1 is 1.33 bits per heavy atom. The molecule has 1 aromatic rings. The highest BCUT2D eigenvalue weighted by Gasteiger charge is 2.43. The number of rotatable bonds is 6. The van der Waals surface area contributed by atoms with Crippen molar-refractivity contribution in [1.29, 1.82) is 0 Å². The number of benzene rings is 1. The third kappa shape index (κ3) is 4.44. The van der Waals surface area contributed by atoms with Crippen molar-refractivity contribution in [3.8, 4) is 0 Å². The minimum atomic E-state index is -4.21. The van der Waals surface area contributed by atoms with E-state index in [2.05, 4.69) is 15.9 Å². The van der Waals surface area contributed by atoms with E-state index in [0.717, 1.165) is 22.9 Å². The molecule has 0 bridgehead atoms. The average molecular weight is 365 g/mol.